The molecule has 0 saturated carbocycles. The molecule has 3 aromatic rings. The van der Waals surface area contributed by atoms with E-state index in [1.54, 1.807) is 0 Å². The standard InChI is InChI=1S/C18H21N5/c1-3-18-19-10-9-15(20-18)12-23(2)13-16-11-17(22-21-16)14-7-5-4-6-8-14/h4-11H,3,12-13H2,1-2H3,(H,21,22). The Morgan fingerprint density at radius 3 is 2.70 bits per heavy atom. The zero-order valence-electron chi connectivity index (χ0n) is 13.5. The molecule has 0 aliphatic rings. The predicted molar refractivity (Wildman–Crippen MR) is 90.6 cm³/mol. The Balaban J connectivity index is 1.64. The van der Waals surface area contributed by atoms with Crippen LogP contribution in [-0.2, 0) is 19.5 Å². The summed E-state index contributed by atoms with van der Waals surface area (Å²) in [6.45, 7) is 3.65. The van der Waals surface area contributed by atoms with E-state index in [0.717, 1.165) is 48.0 Å². The van der Waals surface area contributed by atoms with Crippen molar-refractivity contribution in [2.24, 2.45) is 0 Å². The largest absolute Gasteiger partial charge is 0.295 e. The van der Waals surface area contributed by atoms with Crippen molar-refractivity contribution in [1.29, 1.82) is 0 Å². The first-order valence-corrected chi connectivity index (χ1v) is 7.83. The number of hydrogen-bond acceptors (Lipinski definition) is 4. The minimum absolute atomic E-state index is 0.787. The average molecular weight is 307 g/mol. The highest BCUT2D eigenvalue weighted by Crippen LogP contribution is 2.17. The molecule has 1 aromatic carbocycles. The molecular weight excluding hydrogens is 286 g/mol. The molecule has 23 heavy (non-hydrogen) atoms. The summed E-state index contributed by atoms with van der Waals surface area (Å²) in [6, 6.07) is 14.3. The van der Waals surface area contributed by atoms with Crippen molar-refractivity contribution >= 4 is 0 Å². The summed E-state index contributed by atoms with van der Waals surface area (Å²) in [7, 11) is 2.08. The first-order chi connectivity index (χ1) is 11.2. The third-order valence-corrected chi connectivity index (χ3v) is 3.65. The number of aromatic amines is 1. The van der Waals surface area contributed by atoms with Gasteiger partial charge in [-0.15, -0.1) is 0 Å². The Morgan fingerprint density at radius 1 is 1.09 bits per heavy atom. The molecule has 0 aliphatic heterocycles. The van der Waals surface area contributed by atoms with Gasteiger partial charge in [-0.1, -0.05) is 37.3 Å². The minimum Gasteiger partial charge on any atom is -0.295 e. The quantitative estimate of drug-likeness (QED) is 0.760. The van der Waals surface area contributed by atoms with Crippen molar-refractivity contribution in [2.75, 3.05) is 7.05 Å². The van der Waals surface area contributed by atoms with Gasteiger partial charge in [-0.05, 0) is 19.2 Å². The van der Waals surface area contributed by atoms with Crippen LogP contribution in [0.1, 0.15) is 24.1 Å². The first kappa shape index (κ1) is 15.4. The van der Waals surface area contributed by atoms with Gasteiger partial charge < -0.3 is 0 Å². The van der Waals surface area contributed by atoms with E-state index in [-0.39, 0.29) is 0 Å². The van der Waals surface area contributed by atoms with Crippen LogP contribution in [0.4, 0.5) is 0 Å². The average Bonchev–Trinajstić information content (AvgIpc) is 3.04. The lowest BCUT2D eigenvalue weighted by Crippen LogP contribution is -2.18. The van der Waals surface area contributed by atoms with E-state index < -0.39 is 0 Å². The number of benzene rings is 1. The van der Waals surface area contributed by atoms with Crippen LogP contribution in [0.2, 0.25) is 0 Å². The predicted octanol–water partition coefficient (Wildman–Crippen LogP) is 3.06. The number of rotatable bonds is 6. The van der Waals surface area contributed by atoms with Crippen molar-refractivity contribution in [2.45, 2.75) is 26.4 Å². The van der Waals surface area contributed by atoms with Crippen molar-refractivity contribution in [3.8, 4) is 11.3 Å². The molecule has 5 nitrogen and oxygen atoms in total. The summed E-state index contributed by atoms with van der Waals surface area (Å²) in [5, 5.41) is 7.52. The van der Waals surface area contributed by atoms with E-state index in [4.69, 9.17) is 0 Å². The van der Waals surface area contributed by atoms with E-state index in [9.17, 15) is 0 Å². The van der Waals surface area contributed by atoms with E-state index in [1.807, 2.05) is 30.5 Å². The Morgan fingerprint density at radius 2 is 1.91 bits per heavy atom. The Kier molecular flexibility index (Phi) is 4.78. The maximum atomic E-state index is 4.55. The number of aromatic nitrogens is 4. The molecule has 0 radical (unpaired) electrons. The van der Waals surface area contributed by atoms with Gasteiger partial charge in [0, 0.05) is 37.0 Å². The molecule has 118 valence electrons. The van der Waals surface area contributed by atoms with Crippen LogP contribution in [0.25, 0.3) is 11.3 Å². The molecule has 5 heteroatoms. The summed E-state index contributed by atoms with van der Waals surface area (Å²) in [4.78, 5) is 11.0. The van der Waals surface area contributed by atoms with Crippen LogP contribution in [0.5, 0.6) is 0 Å². The Hall–Kier alpha value is -2.53. The second-order valence-corrected chi connectivity index (χ2v) is 5.63. The van der Waals surface area contributed by atoms with Gasteiger partial charge in [0.15, 0.2) is 0 Å². The summed E-state index contributed by atoms with van der Waals surface area (Å²) in [6.07, 6.45) is 2.69. The fourth-order valence-electron chi connectivity index (χ4n) is 2.52. The van der Waals surface area contributed by atoms with Crippen LogP contribution in [-0.4, -0.2) is 32.1 Å². The third kappa shape index (κ3) is 4.02. The van der Waals surface area contributed by atoms with Crippen LogP contribution in [0.15, 0.2) is 48.7 Å². The second-order valence-electron chi connectivity index (χ2n) is 5.63. The molecule has 1 N–H and O–H groups in total. The maximum absolute atomic E-state index is 4.55. The molecule has 0 amide bonds. The lowest BCUT2D eigenvalue weighted by Gasteiger charge is -2.15. The van der Waals surface area contributed by atoms with Gasteiger partial charge in [0.1, 0.15) is 5.82 Å². The van der Waals surface area contributed by atoms with Crippen LogP contribution < -0.4 is 0 Å². The first-order valence-electron chi connectivity index (χ1n) is 7.83. The van der Waals surface area contributed by atoms with Crippen LogP contribution >= 0.6 is 0 Å². The third-order valence-electron chi connectivity index (χ3n) is 3.65. The van der Waals surface area contributed by atoms with Crippen molar-refractivity contribution in [3.63, 3.8) is 0 Å². The zero-order valence-corrected chi connectivity index (χ0v) is 13.5. The molecule has 3 rings (SSSR count). The van der Waals surface area contributed by atoms with E-state index in [1.165, 1.54) is 0 Å². The van der Waals surface area contributed by atoms with E-state index in [2.05, 4.69) is 57.2 Å². The van der Waals surface area contributed by atoms with Crippen LogP contribution in [0.3, 0.4) is 0 Å². The number of aryl methyl sites for hydroxylation is 1. The summed E-state index contributed by atoms with van der Waals surface area (Å²) in [5.41, 5.74) is 4.24. The molecule has 0 bridgehead atoms. The molecule has 2 aromatic heterocycles. The SMILES string of the molecule is CCc1nccc(CN(C)Cc2cc(-c3ccccc3)n[nH]2)n1. The normalized spacial score (nSPS) is 11.1. The molecule has 0 fully saturated rings. The Labute approximate surface area is 136 Å². The molecule has 0 spiro atoms. The summed E-state index contributed by atoms with van der Waals surface area (Å²) in [5.74, 6) is 0.892. The number of H-pyrrole nitrogens is 1. The van der Waals surface area contributed by atoms with Gasteiger partial charge in [0.05, 0.1) is 11.4 Å². The monoisotopic (exact) mass is 307 g/mol. The molecule has 0 saturated heterocycles. The minimum atomic E-state index is 0.787. The van der Waals surface area contributed by atoms with Gasteiger partial charge in [-0.2, -0.15) is 5.10 Å². The van der Waals surface area contributed by atoms with Gasteiger partial charge >= 0.3 is 0 Å². The molecule has 0 unspecified atom stereocenters. The van der Waals surface area contributed by atoms with Crippen molar-refractivity contribution in [3.05, 3.63) is 65.9 Å². The van der Waals surface area contributed by atoms with Gasteiger partial charge in [0.2, 0.25) is 0 Å². The van der Waals surface area contributed by atoms with Crippen LogP contribution in [0, 0.1) is 0 Å². The highest BCUT2D eigenvalue weighted by molar-refractivity contribution is 5.58. The second kappa shape index (κ2) is 7.15. The zero-order chi connectivity index (χ0) is 16.1. The fraction of sp³-hybridized carbons (Fsp3) is 0.278. The van der Waals surface area contributed by atoms with Gasteiger partial charge in [-0.3, -0.25) is 10.00 Å². The summed E-state index contributed by atoms with van der Waals surface area (Å²) >= 11 is 0. The summed E-state index contributed by atoms with van der Waals surface area (Å²) < 4.78 is 0. The number of hydrogen-bond donors (Lipinski definition) is 1. The smallest absolute Gasteiger partial charge is 0.128 e. The number of nitrogens with zero attached hydrogens (tertiary/aromatic N) is 4. The highest BCUT2D eigenvalue weighted by atomic mass is 15.2. The van der Waals surface area contributed by atoms with Gasteiger partial charge in [-0.25, -0.2) is 9.97 Å². The molecule has 2 heterocycles. The van der Waals surface area contributed by atoms with E-state index in [0.29, 0.717) is 0 Å². The molecule has 0 aliphatic carbocycles. The Bertz CT molecular complexity index is 751. The molecular formula is C18H21N5. The van der Waals surface area contributed by atoms with E-state index >= 15 is 0 Å². The molecule has 0 atom stereocenters. The topological polar surface area (TPSA) is 57.7 Å². The highest BCUT2D eigenvalue weighted by Gasteiger charge is 2.08. The maximum Gasteiger partial charge on any atom is 0.128 e. The fourth-order valence-corrected chi connectivity index (χ4v) is 2.52. The van der Waals surface area contributed by atoms with Gasteiger partial charge in [0.25, 0.3) is 0 Å². The lowest BCUT2D eigenvalue weighted by atomic mass is 10.1. The van der Waals surface area contributed by atoms with Crippen molar-refractivity contribution < 1.29 is 0 Å². The van der Waals surface area contributed by atoms with Crippen molar-refractivity contribution in [1.82, 2.24) is 25.1 Å². The number of nitrogens with one attached hydrogen (secondary N) is 1. The lowest BCUT2D eigenvalue weighted by molar-refractivity contribution is 0.310.